The summed E-state index contributed by atoms with van der Waals surface area (Å²) >= 11 is 0. The predicted molar refractivity (Wildman–Crippen MR) is 98.4 cm³/mol. The normalized spacial score (nSPS) is 21.7. The quantitative estimate of drug-likeness (QED) is 0.800. The molecule has 26 heavy (non-hydrogen) atoms. The molecule has 0 aromatic heterocycles. The maximum atomic E-state index is 12.7. The average molecular weight is 361 g/mol. The van der Waals surface area contributed by atoms with Gasteiger partial charge >= 0.3 is 0 Å². The zero-order valence-electron chi connectivity index (χ0n) is 15.4. The minimum Gasteiger partial charge on any atom is -0.497 e. The van der Waals surface area contributed by atoms with E-state index in [1.807, 2.05) is 0 Å². The Morgan fingerprint density at radius 1 is 1.31 bits per heavy atom. The topological polar surface area (TPSA) is 93.9 Å². The van der Waals surface area contributed by atoms with Crippen molar-refractivity contribution in [1.29, 1.82) is 0 Å². The molecule has 2 aliphatic rings. The number of carbonyl (C=O) groups is 2. The summed E-state index contributed by atoms with van der Waals surface area (Å²) < 4.78 is 10.6. The minimum absolute atomic E-state index is 0.0816. The molecule has 2 amide bonds. The third-order valence-corrected chi connectivity index (χ3v) is 5.51. The number of methoxy groups -OCH3 is 2. The molecule has 0 radical (unpaired) electrons. The summed E-state index contributed by atoms with van der Waals surface area (Å²) in [7, 11) is 3.13. The molecule has 1 unspecified atom stereocenters. The molecule has 2 fully saturated rings. The van der Waals surface area contributed by atoms with Crippen LogP contribution in [0.2, 0.25) is 0 Å². The van der Waals surface area contributed by atoms with Gasteiger partial charge in [-0.05, 0) is 25.0 Å². The Balaban J connectivity index is 1.73. The molecule has 1 aliphatic carbocycles. The van der Waals surface area contributed by atoms with Crippen molar-refractivity contribution in [1.82, 2.24) is 5.32 Å². The van der Waals surface area contributed by atoms with E-state index in [2.05, 4.69) is 5.32 Å². The highest BCUT2D eigenvalue weighted by atomic mass is 16.5. The number of amides is 2. The van der Waals surface area contributed by atoms with E-state index in [1.54, 1.807) is 37.3 Å². The summed E-state index contributed by atoms with van der Waals surface area (Å²) in [6.07, 6.45) is 4.17. The fourth-order valence-electron chi connectivity index (χ4n) is 3.92. The second-order valence-corrected chi connectivity index (χ2v) is 7.12. The van der Waals surface area contributed by atoms with Crippen LogP contribution < -0.4 is 25.4 Å². The van der Waals surface area contributed by atoms with Crippen LogP contribution in [0, 0.1) is 5.92 Å². The average Bonchev–Trinajstić information content (AvgIpc) is 3.28. The number of anilines is 1. The number of nitrogens with one attached hydrogen (secondary N) is 1. The molecule has 3 rings (SSSR count). The second kappa shape index (κ2) is 7.53. The molecule has 1 aliphatic heterocycles. The first-order valence-corrected chi connectivity index (χ1v) is 9.06. The van der Waals surface area contributed by atoms with E-state index in [9.17, 15) is 9.59 Å². The van der Waals surface area contributed by atoms with E-state index >= 15 is 0 Å². The molecule has 142 valence electrons. The van der Waals surface area contributed by atoms with Gasteiger partial charge in [0, 0.05) is 25.6 Å². The second-order valence-electron chi connectivity index (χ2n) is 7.12. The zero-order chi connectivity index (χ0) is 18.7. The highest BCUT2D eigenvalue weighted by Crippen LogP contribution is 2.36. The van der Waals surface area contributed by atoms with E-state index in [1.165, 1.54) is 0 Å². The molecule has 7 heteroatoms. The fourth-order valence-corrected chi connectivity index (χ4v) is 3.92. The van der Waals surface area contributed by atoms with Crippen molar-refractivity contribution in [2.24, 2.45) is 11.7 Å². The van der Waals surface area contributed by atoms with Crippen LogP contribution in [0.25, 0.3) is 0 Å². The Bertz CT molecular complexity index is 685. The maximum absolute atomic E-state index is 12.7. The monoisotopic (exact) mass is 361 g/mol. The van der Waals surface area contributed by atoms with Crippen LogP contribution in [0.5, 0.6) is 11.5 Å². The van der Waals surface area contributed by atoms with Gasteiger partial charge in [-0.1, -0.05) is 12.8 Å². The van der Waals surface area contributed by atoms with Gasteiger partial charge < -0.3 is 25.4 Å². The Hall–Kier alpha value is -2.28. The maximum Gasteiger partial charge on any atom is 0.227 e. The standard InChI is InChI=1S/C19H27N3O4/c1-25-14-5-6-15(16(10-14)26-2)22-11-13(9-17(22)23)18(24)21-19(12-20)7-3-4-8-19/h5-6,10,13H,3-4,7-9,11-12,20H2,1-2H3,(H,21,24). The van der Waals surface area contributed by atoms with Crippen LogP contribution in [0.4, 0.5) is 5.69 Å². The highest BCUT2D eigenvalue weighted by molar-refractivity contribution is 6.01. The third kappa shape index (κ3) is 3.49. The third-order valence-electron chi connectivity index (χ3n) is 5.51. The van der Waals surface area contributed by atoms with Crippen molar-refractivity contribution in [3.63, 3.8) is 0 Å². The molecule has 1 saturated carbocycles. The van der Waals surface area contributed by atoms with Gasteiger partial charge in [-0.15, -0.1) is 0 Å². The van der Waals surface area contributed by atoms with Crippen molar-refractivity contribution in [3.8, 4) is 11.5 Å². The summed E-state index contributed by atoms with van der Waals surface area (Å²) in [6.45, 7) is 0.781. The summed E-state index contributed by atoms with van der Waals surface area (Å²) in [5.41, 5.74) is 6.26. The van der Waals surface area contributed by atoms with Gasteiger partial charge in [0.2, 0.25) is 11.8 Å². The van der Waals surface area contributed by atoms with E-state index in [0.717, 1.165) is 25.7 Å². The van der Waals surface area contributed by atoms with Crippen molar-refractivity contribution in [2.45, 2.75) is 37.6 Å². The van der Waals surface area contributed by atoms with Gasteiger partial charge in [-0.3, -0.25) is 9.59 Å². The number of rotatable bonds is 6. The smallest absolute Gasteiger partial charge is 0.227 e. The number of hydrogen-bond acceptors (Lipinski definition) is 5. The van der Waals surface area contributed by atoms with Crippen LogP contribution in [-0.2, 0) is 9.59 Å². The zero-order valence-corrected chi connectivity index (χ0v) is 15.4. The van der Waals surface area contributed by atoms with E-state index in [-0.39, 0.29) is 29.7 Å². The fraction of sp³-hybridized carbons (Fsp3) is 0.579. The number of nitrogens with two attached hydrogens (primary N) is 1. The lowest BCUT2D eigenvalue weighted by Crippen LogP contribution is -2.53. The van der Waals surface area contributed by atoms with Gasteiger partial charge in [-0.2, -0.15) is 0 Å². The van der Waals surface area contributed by atoms with Gasteiger partial charge in [0.25, 0.3) is 0 Å². The van der Waals surface area contributed by atoms with Crippen LogP contribution in [0.3, 0.4) is 0 Å². The lowest BCUT2D eigenvalue weighted by Gasteiger charge is -2.30. The van der Waals surface area contributed by atoms with E-state index in [4.69, 9.17) is 15.2 Å². The first-order valence-electron chi connectivity index (χ1n) is 9.06. The Morgan fingerprint density at radius 2 is 2.04 bits per heavy atom. The molecular weight excluding hydrogens is 334 g/mol. The number of benzene rings is 1. The van der Waals surface area contributed by atoms with Gasteiger partial charge in [0.1, 0.15) is 11.5 Å². The highest BCUT2D eigenvalue weighted by Gasteiger charge is 2.40. The number of hydrogen-bond donors (Lipinski definition) is 2. The summed E-state index contributed by atoms with van der Waals surface area (Å²) in [4.78, 5) is 26.9. The van der Waals surface area contributed by atoms with Crippen LogP contribution >= 0.6 is 0 Å². The lowest BCUT2D eigenvalue weighted by molar-refractivity contribution is -0.127. The van der Waals surface area contributed by atoms with E-state index < -0.39 is 0 Å². The van der Waals surface area contributed by atoms with Crippen molar-refractivity contribution in [2.75, 3.05) is 32.2 Å². The van der Waals surface area contributed by atoms with Gasteiger partial charge in [-0.25, -0.2) is 0 Å². The van der Waals surface area contributed by atoms with Crippen LogP contribution in [0.1, 0.15) is 32.1 Å². The van der Waals surface area contributed by atoms with Crippen LogP contribution in [-0.4, -0.2) is 44.7 Å². The number of ether oxygens (including phenoxy) is 2. The van der Waals surface area contributed by atoms with Gasteiger partial charge in [0.05, 0.1) is 31.4 Å². The molecule has 1 aromatic rings. The largest absolute Gasteiger partial charge is 0.497 e. The SMILES string of the molecule is COc1ccc(N2CC(C(=O)NC3(CN)CCCC3)CC2=O)c(OC)c1. The first-order chi connectivity index (χ1) is 12.5. The summed E-state index contributed by atoms with van der Waals surface area (Å²) in [6, 6.07) is 5.30. The minimum atomic E-state index is -0.377. The molecule has 3 N–H and O–H groups in total. The predicted octanol–water partition coefficient (Wildman–Crippen LogP) is 1.44. The molecule has 1 atom stereocenters. The molecular formula is C19H27N3O4. The van der Waals surface area contributed by atoms with E-state index in [0.29, 0.717) is 30.3 Å². The molecule has 7 nitrogen and oxygen atoms in total. The molecule has 0 spiro atoms. The Kier molecular flexibility index (Phi) is 5.36. The number of nitrogens with zero attached hydrogens (tertiary/aromatic N) is 1. The van der Waals surface area contributed by atoms with Crippen molar-refractivity contribution in [3.05, 3.63) is 18.2 Å². The van der Waals surface area contributed by atoms with Crippen LogP contribution in [0.15, 0.2) is 18.2 Å². The van der Waals surface area contributed by atoms with Crippen molar-refractivity contribution >= 4 is 17.5 Å². The Morgan fingerprint density at radius 3 is 2.65 bits per heavy atom. The molecule has 1 heterocycles. The van der Waals surface area contributed by atoms with Crippen molar-refractivity contribution < 1.29 is 19.1 Å². The molecule has 1 saturated heterocycles. The molecule has 1 aromatic carbocycles. The van der Waals surface area contributed by atoms with Gasteiger partial charge in [0.15, 0.2) is 0 Å². The Labute approximate surface area is 153 Å². The first kappa shape index (κ1) is 18.5. The number of carbonyl (C=O) groups excluding carboxylic acids is 2. The lowest BCUT2D eigenvalue weighted by atomic mass is 9.96. The summed E-state index contributed by atoms with van der Waals surface area (Å²) in [5.74, 6) is 0.659. The molecule has 0 bridgehead atoms. The summed E-state index contributed by atoms with van der Waals surface area (Å²) in [5, 5.41) is 3.13.